The molecular weight excluding hydrogens is 839 g/mol. The normalized spacial score (nSPS) is 11.5. The van der Waals surface area contributed by atoms with Crippen LogP contribution in [0.3, 0.4) is 0 Å². The Hall–Kier alpha value is -9.18. The van der Waals surface area contributed by atoms with Crippen molar-refractivity contribution in [1.29, 1.82) is 0 Å². The van der Waals surface area contributed by atoms with E-state index >= 15 is 0 Å². The Morgan fingerprint density at radius 3 is 0.928 bits per heavy atom. The standard InChI is InChI=1S/C66H43NO2/c1-3-13-44(14-4-1)47-29-35-54(36-30-47)67(55-37-31-48(32-38-55)45-15-5-2-6-16-45)56-39-33-49(34-40-56)46-25-27-50(28-26-46)51-41-52(57-19-11-21-61-59-17-7-9-23-63(59)68-65(57)61)43-53(42-51)58-20-12-22-62-60-18-8-10-24-64(60)69-66(58)62/h1-43H. The highest BCUT2D eigenvalue weighted by molar-refractivity contribution is 6.12. The van der Waals surface area contributed by atoms with Crippen LogP contribution in [0.25, 0.3) is 111 Å². The lowest BCUT2D eigenvalue weighted by atomic mass is 9.91. The Morgan fingerprint density at radius 2 is 0.522 bits per heavy atom. The SMILES string of the molecule is c1ccc(-c2ccc(N(c3ccc(-c4ccccc4)cc3)c3ccc(-c4ccc(-c5cc(-c6cccc7c6oc6ccccc67)cc(-c6cccc7c6oc6ccccc67)c5)cc4)cc3)cc2)cc1. The Balaban J connectivity index is 0.869. The van der Waals surface area contributed by atoms with E-state index in [4.69, 9.17) is 8.83 Å². The van der Waals surface area contributed by atoms with Gasteiger partial charge in [0.15, 0.2) is 0 Å². The van der Waals surface area contributed by atoms with Gasteiger partial charge < -0.3 is 13.7 Å². The van der Waals surface area contributed by atoms with E-state index in [9.17, 15) is 0 Å². The predicted molar refractivity (Wildman–Crippen MR) is 288 cm³/mol. The van der Waals surface area contributed by atoms with Crippen LogP contribution in [0, 0.1) is 0 Å². The van der Waals surface area contributed by atoms with E-state index in [0.717, 1.165) is 105 Å². The molecule has 0 bridgehead atoms. The summed E-state index contributed by atoms with van der Waals surface area (Å²) in [5.41, 5.74) is 20.4. The fraction of sp³-hybridized carbons (Fsp3) is 0. The molecule has 2 heterocycles. The molecule has 0 aliphatic rings. The fourth-order valence-electron chi connectivity index (χ4n) is 10.0. The average molecular weight is 882 g/mol. The van der Waals surface area contributed by atoms with E-state index in [1.165, 1.54) is 22.3 Å². The molecule has 0 radical (unpaired) electrons. The number of furan rings is 2. The summed E-state index contributed by atoms with van der Waals surface area (Å²) in [6, 6.07) is 93.0. The van der Waals surface area contributed by atoms with Gasteiger partial charge in [-0.25, -0.2) is 0 Å². The molecule has 69 heavy (non-hydrogen) atoms. The van der Waals surface area contributed by atoms with Crippen LogP contribution in [-0.2, 0) is 0 Å². The van der Waals surface area contributed by atoms with Gasteiger partial charge in [-0.15, -0.1) is 0 Å². The monoisotopic (exact) mass is 881 g/mol. The van der Waals surface area contributed by atoms with Crippen molar-refractivity contribution in [3.8, 4) is 66.8 Å². The van der Waals surface area contributed by atoms with Crippen LogP contribution in [0.2, 0.25) is 0 Å². The summed E-state index contributed by atoms with van der Waals surface area (Å²) in [6.07, 6.45) is 0. The molecule has 0 saturated carbocycles. The number of nitrogens with zero attached hydrogens (tertiary/aromatic N) is 1. The van der Waals surface area contributed by atoms with Gasteiger partial charge in [0.25, 0.3) is 0 Å². The Bertz CT molecular complexity index is 3750. The van der Waals surface area contributed by atoms with Gasteiger partial charge >= 0.3 is 0 Å². The fourth-order valence-corrected chi connectivity index (χ4v) is 10.0. The Kier molecular flexibility index (Phi) is 9.84. The van der Waals surface area contributed by atoms with Crippen LogP contribution in [0.5, 0.6) is 0 Å². The van der Waals surface area contributed by atoms with Crippen LogP contribution in [0.1, 0.15) is 0 Å². The van der Waals surface area contributed by atoms with Crippen molar-refractivity contribution < 1.29 is 8.83 Å². The van der Waals surface area contributed by atoms with Gasteiger partial charge in [0.05, 0.1) is 0 Å². The van der Waals surface area contributed by atoms with Gasteiger partial charge in [0.2, 0.25) is 0 Å². The third kappa shape index (κ3) is 7.34. The zero-order valence-corrected chi connectivity index (χ0v) is 37.6. The zero-order chi connectivity index (χ0) is 45.7. The molecule has 13 aromatic rings. The third-order valence-corrected chi connectivity index (χ3v) is 13.5. The van der Waals surface area contributed by atoms with E-state index in [-0.39, 0.29) is 0 Å². The van der Waals surface area contributed by atoms with Gasteiger partial charge in [0.1, 0.15) is 22.3 Å². The molecule has 0 aliphatic carbocycles. The molecule has 0 N–H and O–H groups in total. The van der Waals surface area contributed by atoms with Crippen LogP contribution in [0.15, 0.2) is 270 Å². The molecule has 0 unspecified atom stereocenters. The quantitative estimate of drug-likeness (QED) is 0.145. The summed E-state index contributed by atoms with van der Waals surface area (Å²) in [4.78, 5) is 2.33. The van der Waals surface area contributed by atoms with E-state index in [2.05, 4.69) is 241 Å². The number of para-hydroxylation sites is 4. The summed E-state index contributed by atoms with van der Waals surface area (Å²) in [6.45, 7) is 0. The van der Waals surface area contributed by atoms with Crippen LogP contribution < -0.4 is 4.90 Å². The number of fused-ring (bicyclic) bond motifs is 6. The number of benzene rings is 11. The molecule has 0 saturated heterocycles. The second kappa shape index (κ2) is 16.9. The highest BCUT2D eigenvalue weighted by Gasteiger charge is 2.18. The van der Waals surface area contributed by atoms with Crippen molar-refractivity contribution in [2.75, 3.05) is 4.90 Å². The summed E-state index contributed by atoms with van der Waals surface area (Å²) < 4.78 is 13.2. The number of hydrogen-bond donors (Lipinski definition) is 0. The summed E-state index contributed by atoms with van der Waals surface area (Å²) in [5, 5.41) is 4.44. The van der Waals surface area contributed by atoms with Gasteiger partial charge in [-0.05, 0) is 122 Å². The molecule has 2 aromatic heterocycles. The zero-order valence-electron chi connectivity index (χ0n) is 37.6. The van der Waals surface area contributed by atoms with Crippen molar-refractivity contribution >= 4 is 60.9 Å². The minimum absolute atomic E-state index is 0.884. The first-order valence-electron chi connectivity index (χ1n) is 23.5. The molecule has 0 fully saturated rings. The molecule has 324 valence electrons. The van der Waals surface area contributed by atoms with E-state index in [0.29, 0.717) is 0 Å². The molecule has 0 spiro atoms. The maximum Gasteiger partial charge on any atom is 0.143 e. The van der Waals surface area contributed by atoms with Crippen LogP contribution >= 0.6 is 0 Å². The first-order chi connectivity index (χ1) is 34.2. The molecule has 0 atom stereocenters. The molecule has 0 amide bonds. The molecule has 11 aromatic carbocycles. The first-order valence-corrected chi connectivity index (χ1v) is 23.5. The van der Waals surface area contributed by atoms with Gasteiger partial charge in [-0.1, -0.05) is 194 Å². The lowest BCUT2D eigenvalue weighted by Crippen LogP contribution is -2.09. The van der Waals surface area contributed by atoms with E-state index in [1.54, 1.807) is 0 Å². The van der Waals surface area contributed by atoms with Crippen LogP contribution in [0.4, 0.5) is 17.1 Å². The maximum atomic E-state index is 6.60. The van der Waals surface area contributed by atoms with Crippen molar-refractivity contribution in [3.05, 3.63) is 261 Å². The lowest BCUT2D eigenvalue weighted by molar-refractivity contribution is 0.670. The van der Waals surface area contributed by atoms with E-state index < -0.39 is 0 Å². The average Bonchev–Trinajstić information content (AvgIpc) is 4.01. The molecule has 0 aliphatic heterocycles. The number of hydrogen-bond acceptors (Lipinski definition) is 3. The predicted octanol–water partition coefficient (Wildman–Crippen LogP) is 19.0. The summed E-state index contributed by atoms with van der Waals surface area (Å²) >= 11 is 0. The highest BCUT2D eigenvalue weighted by atomic mass is 16.3. The largest absolute Gasteiger partial charge is 0.455 e. The van der Waals surface area contributed by atoms with Crippen molar-refractivity contribution in [3.63, 3.8) is 0 Å². The first kappa shape index (κ1) is 40.1. The maximum absolute atomic E-state index is 6.60. The minimum Gasteiger partial charge on any atom is -0.455 e. The Morgan fingerprint density at radius 1 is 0.217 bits per heavy atom. The Labute approximate surface area is 400 Å². The number of rotatable bonds is 9. The molecule has 3 nitrogen and oxygen atoms in total. The smallest absolute Gasteiger partial charge is 0.143 e. The molecular formula is C66H43NO2. The minimum atomic E-state index is 0.884. The molecule has 13 rings (SSSR count). The lowest BCUT2D eigenvalue weighted by Gasteiger charge is -2.26. The van der Waals surface area contributed by atoms with Gasteiger partial charge in [-0.2, -0.15) is 0 Å². The van der Waals surface area contributed by atoms with Crippen molar-refractivity contribution in [2.45, 2.75) is 0 Å². The summed E-state index contributed by atoms with van der Waals surface area (Å²) in [7, 11) is 0. The second-order valence-corrected chi connectivity index (χ2v) is 17.6. The topological polar surface area (TPSA) is 29.5 Å². The van der Waals surface area contributed by atoms with Crippen molar-refractivity contribution in [2.24, 2.45) is 0 Å². The second-order valence-electron chi connectivity index (χ2n) is 17.6. The molecule has 3 heteroatoms. The number of anilines is 3. The van der Waals surface area contributed by atoms with E-state index in [1.807, 2.05) is 24.3 Å². The van der Waals surface area contributed by atoms with Gasteiger partial charge in [0, 0.05) is 49.7 Å². The summed E-state index contributed by atoms with van der Waals surface area (Å²) in [5.74, 6) is 0. The van der Waals surface area contributed by atoms with Crippen molar-refractivity contribution in [1.82, 2.24) is 0 Å². The van der Waals surface area contributed by atoms with Crippen LogP contribution in [-0.4, -0.2) is 0 Å². The third-order valence-electron chi connectivity index (χ3n) is 13.5. The van der Waals surface area contributed by atoms with Gasteiger partial charge in [-0.3, -0.25) is 0 Å². The highest BCUT2D eigenvalue weighted by Crippen LogP contribution is 2.43.